The first-order valence-corrected chi connectivity index (χ1v) is 9.67. The van der Waals surface area contributed by atoms with Crippen LogP contribution in [0.3, 0.4) is 0 Å². The minimum Gasteiger partial charge on any atom is -0.423 e. The van der Waals surface area contributed by atoms with Crippen molar-refractivity contribution in [3.63, 3.8) is 0 Å². The predicted molar refractivity (Wildman–Crippen MR) is 106 cm³/mol. The van der Waals surface area contributed by atoms with Gasteiger partial charge in [0.05, 0.1) is 6.04 Å². The van der Waals surface area contributed by atoms with Crippen LogP contribution in [0.15, 0.2) is 30.3 Å². The average molecular weight is 395 g/mol. The Balaban J connectivity index is 1.57. The van der Waals surface area contributed by atoms with E-state index < -0.39 is 7.12 Å². The van der Waals surface area contributed by atoms with Gasteiger partial charge in [-0.2, -0.15) is 0 Å². The number of aldehydes is 1. The highest BCUT2D eigenvalue weighted by Gasteiger charge is 2.32. The van der Waals surface area contributed by atoms with Gasteiger partial charge in [0.2, 0.25) is 0 Å². The number of nitrogens with zero attached hydrogens (tertiary/aromatic N) is 2. The molecule has 4 rings (SSSR count). The van der Waals surface area contributed by atoms with Crippen LogP contribution in [0.5, 0.6) is 0 Å². The molecule has 8 nitrogen and oxygen atoms in total. The minimum atomic E-state index is -1.78. The fourth-order valence-electron chi connectivity index (χ4n) is 3.83. The van der Waals surface area contributed by atoms with Crippen LogP contribution in [0.2, 0.25) is 0 Å². The van der Waals surface area contributed by atoms with Crippen LogP contribution in [0.1, 0.15) is 62.7 Å². The molecule has 3 N–H and O–H groups in total. The number of hydrogen-bond donors (Lipinski definition) is 3. The van der Waals surface area contributed by atoms with E-state index in [-0.39, 0.29) is 34.9 Å². The number of benzene rings is 1. The van der Waals surface area contributed by atoms with E-state index >= 15 is 0 Å². The number of carbonyl (C=O) groups excluding carboxylic acids is 3. The van der Waals surface area contributed by atoms with Crippen molar-refractivity contribution >= 4 is 30.7 Å². The number of amides is 2. The van der Waals surface area contributed by atoms with E-state index in [1.165, 1.54) is 18.2 Å². The molecular formula is C20H22BN3O5. The van der Waals surface area contributed by atoms with Crippen molar-refractivity contribution in [2.24, 2.45) is 0 Å². The van der Waals surface area contributed by atoms with Crippen LogP contribution < -0.4 is 10.8 Å². The highest BCUT2D eigenvalue weighted by Crippen LogP contribution is 2.29. The van der Waals surface area contributed by atoms with Crippen LogP contribution in [-0.4, -0.2) is 57.3 Å². The van der Waals surface area contributed by atoms with Gasteiger partial charge >= 0.3 is 7.12 Å². The van der Waals surface area contributed by atoms with Crippen molar-refractivity contribution in [1.29, 1.82) is 0 Å². The normalized spacial score (nSPS) is 18.2. The van der Waals surface area contributed by atoms with Crippen LogP contribution in [0.4, 0.5) is 0 Å². The van der Waals surface area contributed by atoms with Gasteiger partial charge in [0.1, 0.15) is 12.0 Å². The molecular weight excluding hydrogens is 373 g/mol. The van der Waals surface area contributed by atoms with Crippen LogP contribution in [-0.2, 0) is 6.54 Å². The summed E-state index contributed by atoms with van der Waals surface area (Å²) in [6.45, 7) is 2.82. The van der Waals surface area contributed by atoms with Crippen molar-refractivity contribution in [2.45, 2.75) is 38.4 Å². The number of rotatable bonds is 5. The SMILES string of the molecule is CC1c2ccc(C(=O)NC3CC3)n2CCN1C(=O)c1ccc(B(O)O)c(C=O)c1. The number of aromatic nitrogens is 1. The van der Waals surface area contributed by atoms with Crippen molar-refractivity contribution in [3.8, 4) is 0 Å². The van der Waals surface area contributed by atoms with E-state index in [1.807, 2.05) is 17.6 Å². The summed E-state index contributed by atoms with van der Waals surface area (Å²) in [5, 5.41) is 21.7. The van der Waals surface area contributed by atoms with Crippen LogP contribution >= 0.6 is 0 Å². The lowest BCUT2D eigenvalue weighted by atomic mass is 9.76. The van der Waals surface area contributed by atoms with Gasteiger partial charge in [0, 0.05) is 36.0 Å². The molecule has 2 amide bonds. The van der Waals surface area contributed by atoms with Gasteiger partial charge in [0.25, 0.3) is 11.8 Å². The molecule has 1 aromatic heterocycles. The Morgan fingerprint density at radius 3 is 2.59 bits per heavy atom. The number of carbonyl (C=O) groups is 3. The van der Waals surface area contributed by atoms with Gasteiger partial charge in [-0.1, -0.05) is 6.07 Å². The van der Waals surface area contributed by atoms with Gasteiger partial charge in [-0.3, -0.25) is 14.4 Å². The van der Waals surface area contributed by atoms with Gasteiger partial charge in [0.15, 0.2) is 0 Å². The molecule has 0 radical (unpaired) electrons. The fraction of sp³-hybridized carbons (Fsp3) is 0.350. The zero-order valence-electron chi connectivity index (χ0n) is 16.0. The molecule has 0 saturated heterocycles. The number of fused-ring (bicyclic) bond motifs is 1. The highest BCUT2D eigenvalue weighted by molar-refractivity contribution is 6.60. The summed E-state index contributed by atoms with van der Waals surface area (Å²) in [6.07, 6.45) is 2.54. The molecule has 2 aromatic rings. The van der Waals surface area contributed by atoms with Crippen molar-refractivity contribution in [3.05, 3.63) is 52.8 Å². The minimum absolute atomic E-state index is 0.0587. The topological polar surface area (TPSA) is 112 Å². The first-order chi connectivity index (χ1) is 13.9. The Hall–Kier alpha value is -2.91. The monoisotopic (exact) mass is 395 g/mol. The third-order valence-corrected chi connectivity index (χ3v) is 5.62. The Labute approximate surface area is 168 Å². The van der Waals surface area contributed by atoms with Gasteiger partial charge in [-0.05, 0) is 49.5 Å². The van der Waals surface area contributed by atoms with Crippen LogP contribution in [0, 0.1) is 0 Å². The van der Waals surface area contributed by atoms with Crippen molar-refractivity contribution in [2.75, 3.05) is 6.54 Å². The molecule has 1 fully saturated rings. The molecule has 0 bridgehead atoms. The maximum Gasteiger partial charge on any atom is 0.489 e. The molecule has 2 aliphatic rings. The summed E-state index contributed by atoms with van der Waals surface area (Å²) >= 11 is 0. The van der Waals surface area contributed by atoms with E-state index in [2.05, 4.69) is 5.32 Å². The van der Waals surface area contributed by atoms with Gasteiger partial charge < -0.3 is 24.8 Å². The second-order valence-electron chi connectivity index (χ2n) is 7.55. The standard InChI is InChI=1S/C20H22BN3O5/c1-12-17-6-7-18(19(26)22-15-3-4-15)24(17)9-8-23(12)20(27)13-2-5-16(21(28)29)14(10-13)11-25/h2,5-7,10-12,15,28-29H,3-4,8-9H2,1H3,(H,22,26). The largest absolute Gasteiger partial charge is 0.489 e. The van der Waals surface area contributed by atoms with E-state index in [0.717, 1.165) is 18.5 Å². The highest BCUT2D eigenvalue weighted by atomic mass is 16.4. The third kappa shape index (κ3) is 3.59. The van der Waals surface area contributed by atoms with Gasteiger partial charge in [-0.25, -0.2) is 0 Å². The van der Waals surface area contributed by atoms with E-state index in [1.54, 1.807) is 11.0 Å². The zero-order chi connectivity index (χ0) is 20.7. The molecule has 0 spiro atoms. The quantitative estimate of drug-likeness (QED) is 0.491. The summed E-state index contributed by atoms with van der Waals surface area (Å²) in [7, 11) is -1.78. The lowest BCUT2D eigenvalue weighted by Crippen LogP contribution is -2.42. The molecule has 1 aromatic carbocycles. The number of nitrogens with one attached hydrogen (secondary N) is 1. The average Bonchev–Trinajstić information content (AvgIpc) is 3.41. The third-order valence-electron chi connectivity index (χ3n) is 5.62. The van der Waals surface area contributed by atoms with E-state index in [4.69, 9.17) is 0 Å². The Morgan fingerprint density at radius 1 is 1.17 bits per heavy atom. The van der Waals surface area contributed by atoms with Crippen molar-refractivity contribution in [1.82, 2.24) is 14.8 Å². The Kier molecular flexibility index (Phi) is 5.02. The Bertz CT molecular complexity index is 982. The van der Waals surface area contributed by atoms with E-state index in [0.29, 0.717) is 30.6 Å². The number of hydrogen-bond acceptors (Lipinski definition) is 5. The molecule has 150 valence electrons. The predicted octanol–water partition coefficient (Wildman–Crippen LogP) is 0.0896. The molecule has 2 heterocycles. The fourth-order valence-corrected chi connectivity index (χ4v) is 3.83. The molecule has 9 heteroatoms. The van der Waals surface area contributed by atoms with Crippen LogP contribution in [0.25, 0.3) is 0 Å². The summed E-state index contributed by atoms with van der Waals surface area (Å²) in [6, 6.07) is 7.92. The summed E-state index contributed by atoms with van der Waals surface area (Å²) in [5.41, 5.74) is 1.91. The molecule has 1 saturated carbocycles. The molecule has 29 heavy (non-hydrogen) atoms. The second kappa shape index (κ2) is 7.49. The van der Waals surface area contributed by atoms with Crippen molar-refractivity contribution < 1.29 is 24.4 Å². The molecule has 1 aliphatic carbocycles. The second-order valence-corrected chi connectivity index (χ2v) is 7.55. The lowest BCUT2D eigenvalue weighted by Gasteiger charge is -2.35. The summed E-state index contributed by atoms with van der Waals surface area (Å²) in [5.74, 6) is -0.337. The molecule has 1 aliphatic heterocycles. The zero-order valence-corrected chi connectivity index (χ0v) is 16.0. The first kappa shape index (κ1) is 19.4. The maximum atomic E-state index is 13.1. The maximum absolute atomic E-state index is 13.1. The smallest absolute Gasteiger partial charge is 0.423 e. The van der Waals surface area contributed by atoms with E-state index in [9.17, 15) is 24.4 Å². The summed E-state index contributed by atoms with van der Waals surface area (Å²) in [4.78, 5) is 38.5. The first-order valence-electron chi connectivity index (χ1n) is 9.67. The molecule has 1 unspecified atom stereocenters. The molecule has 1 atom stereocenters. The summed E-state index contributed by atoms with van der Waals surface area (Å²) < 4.78 is 1.95. The Morgan fingerprint density at radius 2 is 1.93 bits per heavy atom. The van der Waals surface area contributed by atoms with Gasteiger partial charge in [-0.15, -0.1) is 0 Å². The lowest BCUT2D eigenvalue weighted by molar-refractivity contribution is 0.0642.